The van der Waals surface area contributed by atoms with E-state index < -0.39 is 0 Å². The van der Waals surface area contributed by atoms with Crippen LogP contribution in [0.25, 0.3) is 88.3 Å². The molecule has 1 aliphatic rings. The highest BCUT2D eigenvalue weighted by molar-refractivity contribution is 6.12. The van der Waals surface area contributed by atoms with Crippen LogP contribution < -0.4 is 4.90 Å². The smallest absolute Gasteiger partial charge is 0.0540 e. The molecule has 312 valence electrons. The molecule has 0 unspecified atom stereocenters. The Kier molecular flexibility index (Phi) is 9.58. The average Bonchev–Trinajstić information content (AvgIpc) is 3.63. The predicted octanol–water partition coefficient (Wildman–Crippen LogP) is 18.1. The zero-order chi connectivity index (χ0) is 44.2. The van der Waals surface area contributed by atoms with Gasteiger partial charge in [0, 0.05) is 22.4 Å². The third-order valence-corrected chi connectivity index (χ3v) is 13.9. The van der Waals surface area contributed by atoms with Crippen molar-refractivity contribution in [1.29, 1.82) is 0 Å². The molecule has 11 aromatic carbocycles. The van der Waals surface area contributed by atoms with E-state index in [9.17, 15) is 0 Å². The van der Waals surface area contributed by atoms with Crippen LogP contribution in [0.5, 0.6) is 0 Å². The summed E-state index contributed by atoms with van der Waals surface area (Å²) in [7, 11) is 0. The lowest BCUT2D eigenvalue weighted by Gasteiger charge is -2.29. The van der Waals surface area contributed by atoms with Crippen molar-refractivity contribution >= 4 is 38.6 Å². The summed E-state index contributed by atoms with van der Waals surface area (Å²) in [5, 5.41) is 5.06. The van der Waals surface area contributed by atoms with Gasteiger partial charge >= 0.3 is 0 Å². The fourth-order valence-electron chi connectivity index (χ4n) is 10.7. The van der Waals surface area contributed by atoms with E-state index >= 15 is 0 Å². The van der Waals surface area contributed by atoms with E-state index in [0.717, 1.165) is 22.6 Å². The Balaban J connectivity index is 1.01. The summed E-state index contributed by atoms with van der Waals surface area (Å²) in [5.41, 5.74) is 20.7. The van der Waals surface area contributed by atoms with Gasteiger partial charge in [0.1, 0.15) is 0 Å². The van der Waals surface area contributed by atoms with Crippen molar-refractivity contribution in [2.24, 2.45) is 0 Å². The highest BCUT2D eigenvalue weighted by atomic mass is 15.1. The number of benzene rings is 11. The zero-order valence-corrected chi connectivity index (χ0v) is 37.1. The van der Waals surface area contributed by atoms with Gasteiger partial charge in [-0.15, -0.1) is 0 Å². The molecule has 0 saturated carbocycles. The van der Waals surface area contributed by atoms with Crippen molar-refractivity contribution in [3.8, 4) is 66.8 Å². The van der Waals surface area contributed by atoms with Gasteiger partial charge in [0.15, 0.2) is 0 Å². The van der Waals surface area contributed by atoms with Crippen LogP contribution in [0.4, 0.5) is 17.1 Å². The number of fused-ring (bicyclic) bond motifs is 6. The van der Waals surface area contributed by atoms with Gasteiger partial charge in [-0.05, 0) is 124 Å². The molecule has 1 nitrogen and oxygen atoms in total. The van der Waals surface area contributed by atoms with E-state index in [4.69, 9.17) is 0 Å². The van der Waals surface area contributed by atoms with Crippen molar-refractivity contribution < 1.29 is 0 Å². The van der Waals surface area contributed by atoms with E-state index in [0.29, 0.717) is 0 Å². The SMILES string of the molecule is CC1(C)c2ccccc2-c2c(-c3ccc(N(c4ccc(-c5cccc6c5ccc5ccccc56)cc4)c4ccccc4-c4ccccc4-c4ccccc4-c4ccccc4)cc3)cccc21. The van der Waals surface area contributed by atoms with Crippen LogP contribution in [0, 0.1) is 0 Å². The summed E-state index contributed by atoms with van der Waals surface area (Å²) in [6, 6.07) is 91.3. The second-order valence-corrected chi connectivity index (χ2v) is 18.0. The highest BCUT2D eigenvalue weighted by Gasteiger charge is 2.36. The summed E-state index contributed by atoms with van der Waals surface area (Å²) >= 11 is 0. The largest absolute Gasteiger partial charge is 0.310 e. The first kappa shape index (κ1) is 39.3. The van der Waals surface area contributed by atoms with E-state index in [2.05, 4.69) is 267 Å². The monoisotopic (exact) mass is 841 g/mol. The maximum atomic E-state index is 2.44. The van der Waals surface area contributed by atoms with Gasteiger partial charge in [-0.25, -0.2) is 0 Å². The van der Waals surface area contributed by atoms with Gasteiger partial charge in [-0.1, -0.05) is 232 Å². The van der Waals surface area contributed by atoms with Crippen molar-refractivity contribution in [3.63, 3.8) is 0 Å². The molecule has 0 radical (unpaired) electrons. The Hall–Kier alpha value is -8.26. The summed E-state index contributed by atoms with van der Waals surface area (Å²) in [6.45, 7) is 4.71. The van der Waals surface area contributed by atoms with Gasteiger partial charge < -0.3 is 4.90 Å². The molecule has 11 aromatic rings. The van der Waals surface area contributed by atoms with Crippen molar-refractivity contribution in [2.75, 3.05) is 4.90 Å². The lowest BCUT2D eigenvalue weighted by Crippen LogP contribution is -2.14. The molecular formula is C65H47N. The lowest BCUT2D eigenvalue weighted by molar-refractivity contribution is 0.660. The van der Waals surface area contributed by atoms with Crippen LogP contribution in [0.1, 0.15) is 25.0 Å². The Bertz CT molecular complexity index is 3600. The molecule has 1 aliphatic carbocycles. The highest BCUT2D eigenvalue weighted by Crippen LogP contribution is 2.52. The number of rotatable bonds is 8. The number of hydrogen-bond donors (Lipinski definition) is 0. The Morgan fingerprint density at radius 2 is 0.742 bits per heavy atom. The fraction of sp³-hybridized carbons (Fsp3) is 0.0462. The molecule has 0 amide bonds. The Morgan fingerprint density at radius 3 is 1.47 bits per heavy atom. The first-order chi connectivity index (χ1) is 32.5. The minimum absolute atomic E-state index is 0.0632. The molecule has 12 rings (SSSR count). The summed E-state index contributed by atoms with van der Waals surface area (Å²) in [6.07, 6.45) is 0. The number of para-hydroxylation sites is 1. The molecule has 66 heavy (non-hydrogen) atoms. The first-order valence-electron chi connectivity index (χ1n) is 23.0. The molecule has 0 bridgehead atoms. The molecule has 1 heteroatoms. The molecule has 0 heterocycles. The average molecular weight is 842 g/mol. The zero-order valence-electron chi connectivity index (χ0n) is 37.1. The molecule has 0 aliphatic heterocycles. The molecule has 0 saturated heterocycles. The van der Waals surface area contributed by atoms with Gasteiger partial charge in [0.25, 0.3) is 0 Å². The number of nitrogens with zero attached hydrogens (tertiary/aromatic N) is 1. The quantitative estimate of drug-likeness (QED) is 0.138. The van der Waals surface area contributed by atoms with E-state index in [1.807, 2.05) is 0 Å². The van der Waals surface area contributed by atoms with E-state index in [1.54, 1.807) is 0 Å². The van der Waals surface area contributed by atoms with Crippen molar-refractivity contribution in [2.45, 2.75) is 19.3 Å². The van der Waals surface area contributed by atoms with Crippen LogP contribution >= 0.6 is 0 Å². The van der Waals surface area contributed by atoms with Crippen LogP contribution in [0.2, 0.25) is 0 Å². The summed E-state index contributed by atoms with van der Waals surface area (Å²) < 4.78 is 0. The second kappa shape index (κ2) is 16.1. The number of anilines is 3. The minimum Gasteiger partial charge on any atom is -0.310 e. The normalized spacial score (nSPS) is 12.5. The summed E-state index contributed by atoms with van der Waals surface area (Å²) in [4.78, 5) is 2.44. The minimum atomic E-state index is -0.0632. The first-order valence-corrected chi connectivity index (χ1v) is 23.0. The van der Waals surface area contributed by atoms with Crippen LogP contribution in [-0.2, 0) is 5.41 Å². The van der Waals surface area contributed by atoms with Crippen LogP contribution in [0.15, 0.2) is 249 Å². The van der Waals surface area contributed by atoms with Gasteiger partial charge in [-0.3, -0.25) is 0 Å². The second-order valence-electron chi connectivity index (χ2n) is 18.0. The molecular weight excluding hydrogens is 795 g/mol. The van der Waals surface area contributed by atoms with Gasteiger partial charge in [-0.2, -0.15) is 0 Å². The van der Waals surface area contributed by atoms with Crippen molar-refractivity contribution in [3.05, 3.63) is 260 Å². The molecule has 0 fully saturated rings. The van der Waals surface area contributed by atoms with E-state index in [1.165, 1.54) is 93.9 Å². The third-order valence-electron chi connectivity index (χ3n) is 13.9. The van der Waals surface area contributed by atoms with E-state index in [-0.39, 0.29) is 5.41 Å². The Morgan fingerprint density at radius 1 is 0.273 bits per heavy atom. The lowest BCUT2D eigenvalue weighted by atomic mass is 9.82. The molecule has 0 N–H and O–H groups in total. The predicted molar refractivity (Wildman–Crippen MR) is 281 cm³/mol. The topological polar surface area (TPSA) is 3.24 Å². The van der Waals surface area contributed by atoms with Crippen LogP contribution in [-0.4, -0.2) is 0 Å². The molecule has 0 spiro atoms. The summed E-state index contributed by atoms with van der Waals surface area (Å²) in [5.74, 6) is 0. The molecule has 0 atom stereocenters. The third kappa shape index (κ3) is 6.55. The maximum absolute atomic E-state index is 2.44. The fourth-order valence-corrected chi connectivity index (χ4v) is 10.7. The molecule has 0 aromatic heterocycles. The van der Waals surface area contributed by atoms with Gasteiger partial charge in [0.2, 0.25) is 0 Å². The van der Waals surface area contributed by atoms with Gasteiger partial charge in [0.05, 0.1) is 5.69 Å². The van der Waals surface area contributed by atoms with Crippen LogP contribution in [0.3, 0.4) is 0 Å². The van der Waals surface area contributed by atoms with Crippen molar-refractivity contribution in [1.82, 2.24) is 0 Å². The number of hydrogen-bond acceptors (Lipinski definition) is 1. The Labute approximate surface area is 387 Å². The maximum Gasteiger partial charge on any atom is 0.0540 e. The standard InChI is InChI=1S/C65H47N/c1-65(2)61-31-14-12-27-60(61)64-53(29-17-32-62(64)65)47-36-41-49(42-37-47)66(48-39-34-46(35-40-48)52-28-16-30-55-51-21-7-6-20-45(51)38-43-58(52)55)63-33-15-13-26-59(63)57-25-11-10-24-56(57)54-23-9-8-22-50(54)44-18-4-3-5-19-44/h3-43H,1-2H3.